The van der Waals surface area contributed by atoms with Crippen molar-refractivity contribution >= 4 is 17.3 Å². The Balaban J connectivity index is 1.73. The zero-order valence-electron chi connectivity index (χ0n) is 10.6. The van der Waals surface area contributed by atoms with Gasteiger partial charge in [-0.3, -0.25) is 4.79 Å². The van der Waals surface area contributed by atoms with Gasteiger partial charge in [-0.25, -0.2) is 0 Å². The first kappa shape index (κ1) is 13.8. The van der Waals surface area contributed by atoms with Crippen molar-refractivity contribution in [3.8, 4) is 0 Å². The number of thiophene rings is 1. The molecular formula is C15H17NO2S. The van der Waals surface area contributed by atoms with Gasteiger partial charge in [0.2, 0.25) is 0 Å². The highest BCUT2D eigenvalue weighted by atomic mass is 32.1. The predicted octanol–water partition coefficient (Wildman–Crippen LogP) is 2.40. The highest BCUT2D eigenvalue weighted by Gasteiger charge is 2.15. The Hall–Kier alpha value is -1.65. The number of rotatable bonds is 6. The number of esters is 1. The Morgan fingerprint density at radius 1 is 1.21 bits per heavy atom. The molecule has 0 amide bonds. The maximum atomic E-state index is 11.7. The number of carbonyl (C=O) groups excluding carboxylic acids is 1. The molecule has 19 heavy (non-hydrogen) atoms. The summed E-state index contributed by atoms with van der Waals surface area (Å²) in [5.41, 5.74) is 6.88. The molecule has 1 aromatic heterocycles. The lowest BCUT2D eigenvalue weighted by atomic mass is 10.1. The maximum Gasteiger partial charge on any atom is 0.323 e. The van der Waals surface area contributed by atoms with E-state index in [4.69, 9.17) is 10.5 Å². The normalized spacial score (nSPS) is 12.1. The molecule has 2 rings (SSSR count). The summed E-state index contributed by atoms with van der Waals surface area (Å²) in [6.07, 6.45) is 1.26. The average Bonchev–Trinajstić information content (AvgIpc) is 2.93. The van der Waals surface area contributed by atoms with Gasteiger partial charge in [-0.05, 0) is 23.4 Å². The molecule has 0 fully saturated rings. The second kappa shape index (κ2) is 7.07. The molecule has 0 spiro atoms. The Bertz CT molecular complexity index is 496. The van der Waals surface area contributed by atoms with E-state index in [0.717, 1.165) is 12.0 Å². The molecular weight excluding hydrogens is 258 g/mol. The summed E-state index contributed by atoms with van der Waals surface area (Å²) in [7, 11) is 0. The number of ether oxygens (including phenoxy) is 1. The Morgan fingerprint density at radius 2 is 2.00 bits per heavy atom. The first-order valence-electron chi connectivity index (χ1n) is 6.24. The van der Waals surface area contributed by atoms with Gasteiger partial charge >= 0.3 is 5.97 Å². The van der Waals surface area contributed by atoms with E-state index in [2.05, 4.69) is 0 Å². The highest BCUT2D eigenvalue weighted by Crippen LogP contribution is 2.09. The van der Waals surface area contributed by atoms with Crippen molar-refractivity contribution in [1.29, 1.82) is 0 Å². The molecule has 1 unspecified atom stereocenters. The molecule has 0 aliphatic heterocycles. The predicted molar refractivity (Wildman–Crippen MR) is 77.1 cm³/mol. The molecule has 100 valence electrons. The van der Waals surface area contributed by atoms with Gasteiger partial charge in [-0.2, -0.15) is 0 Å². The lowest BCUT2D eigenvalue weighted by Gasteiger charge is -2.11. The quantitative estimate of drug-likeness (QED) is 0.824. The van der Waals surface area contributed by atoms with Crippen LogP contribution in [0.5, 0.6) is 0 Å². The van der Waals surface area contributed by atoms with Crippen molar-refractivity contribution in [3.05, 3.63) is 58.3 Å². The molecule has 1 atom stereocenters. The molecule has 4 heteroatoms. The number of nitrogens with two attached hydrogens (primary N) is 1. The van der Waals surface area contributed by atoms with Crippen molar-refractivity contribution in [2.45, 2.75) is 18.9 Å². The summed E-state index contributed by atoms with van der Waals surface area (Å²) in [6, 6.07) is 13.1. The average molecular weight is 275 g/mol. The van der Waals surface area contributed by atoms with Crippen LogP contribution in [-0.4, -0.2) is 18.6 Å². The van der Waals surface area contributed by atoms with Crippen LogP contribution < -0.4 is 5.73 Å². The van der Waals surface area contributed by atoms with Crippen molar-refractivity contribution in [1.82, 2.24) is 0 Å². The second-order valence-electron chi connectivity index (χ2n) is 4.29. The minimum absolute atomic E-state index is 0.333. The lowest BCUT2D eigenvalue weighted by molar-refractivity contribution is -0.145. The van der Waals surface area contributed by atoms with Gasteiger partial charge in [0.05, 0.1) is 6.61 Å². The SMILES string of the molecule is NC(Cc1ccccc1)C(=O)OCCc1cccs1. The van der Waals surface area contributed by atoms with Crippen LogP contribution in [0.25, 0.3) is 0 Å². The van der Waals surface area contributed by atoms with Crippen LogP contribution in [0, 0.1) is 0 Å². The van der Waals surface area contributed by atoms with E-state index in [0.29, 0.717) is 13.0 Å². The van der Waals surface area contributed by atoms with E-state index in [1.165, 1.54) is 4.88 Å². The maximum absolute atomic E-state index is 11.7. The topological polar surface area (TPSA) is 52.3 Å². The van der Waals surface area contributed by atoms with E-state index in [-0.39, 0.29) is 5.97 Å². The van der Waals surface area contributed by atoms with E-state index < -0.39 is 6.04 Å². The molecule has 1 heterocycles. The third-order valence-corrected chi connectivity index (χ3v) is 3.71. The van der Waals surface area contributed by atoms with Gasteiger partial charge < -0.3 is 10.5 Å². The minimum Gasteiger partial charge on any atom is -0.464 e. The Kier molecular flexibility index (Phi) is 5.12. The molecule has 0 saturated carbocycles. The monoisotopic (exact) mass is 275 g/mol. The lowest BCUT2D eigenvalue weighted by Crippen LogP contribution is -2.34. The fraction of sp³-hybridized carbons (Fsp3) is 0.267. The molecule has 2 N–H and O–H groups in total. The molecule has 2 aromatic rings. The molecule has 0 bridgehead atoms. The highest BCUT2D eigenvalue weighted by molar-refractivity contribution is 7.09. The third-order valence-electron chi connectivity index (χ3n) is 2.77. The largest absolute Gasteiger partial charge is 0.464 e. The number of hydrogen-bond acceptors (Lipinski definition) is 4. The smallest absolute Gasteiger partial charge is 0.323 e. The fourth-order valence-electron chi connectivity index (χ4n) is 1.77. The van der Waals surface area contributed by atoms with Crippen LogP contribution in [0.3, 0.4) is 0 Å². The summed E-state index contributed by atoms with van der Waals surface area (Å²) in [5.74, 6) is -0.333. The number of carbonyl (C=O) groups is 1. The van der Waals surface area contributed by atoms with Crippen LogP contribution in [0.2, 0.25) is 0 Å². The summed E-state index contributed by atoms with van der Waals surface area (Å²) < 4.78 is 5.19. The van der Waals surface area contributed by atoms with E-state index in [9.17, 15) is 4.79 Å². The van der Waals surface area contributed by atoms with Crippen LogP contribution in [0.4, 0.5) is 0 Å². The van der Waals surface area contributed by atoms with E-state index in [1.54, 1.807) is 11.3 Å². The minimum atomic E-state index is -0.592. The number of benzene rings is 1. The zero-order valence-corrected chi connectivity index (χ0v) is 11.4. The Labute approximate surface area is 117 Å². The van der Waals surface area contributed by atoms with Crippen molar-refractivity contribution < 1.29 is 9.53 Å². The molecule has 0 aliphatic rings. The summed E-state index contributed by atoms with van der Waals surface area (Å²) >= 11 is 1.66. The third kappa shape index (κ3) is 4.50. The van der Waals surface area contributed by atoms with Crippen LogP contribution in [0.1, 0.15) is 10.4 Å². The molecule has 0 saturated heterocycles. The van der Waals surface area contributed by atoms with Crippen LogP contribution in [0.15, 0.2) is 47.8 Å². The van der Waals surface area contributed by atoms with E-state index >= 15 is 0 Å². The van der Waals surface area contributed by atoms with Gasteiger partial charge in [0.1, 0.15) is 6.04 Å². The van der Waals surface area contributed by atoms with Crippen molar-refractivity contribution in [3.63, 3.8) is 0 Å². The number of hydrogen-bond donors (Lipinski definition) is 1. The molecule has 1 aromatic carbocycles. The van der Waals surface area contributed by atoms with Gasteiger partial charge in [-0.15, -0.1) is 11.3 Å². The molecule has 3 nitrogen and oxygen atoms in total. The van der Waals surface area contributed by atoms with Gasteiger partial charge in [0, 0.05) is 11.3 Å². The van der Waals surface area contributed by atoms with Crippen molar-refractivity contribution in [2.24, 2.45) is 5.73 Å². The summed E-state index contributed by atoms with van der Waals surface area (Å²) in [4.78, 5) is 12.9. The van der Waals surface area contributed by atoms with Gasteiger partial charge in [0.15, 0.2) is 0 Å². The fourth-order valence-corrected chi connectivity index (χ4v) is 2.46. The van der Waals surface area contributed by atoms with E-state index in [1.807, 2.05) is 47.8 Å². The standard InChI is InChI=1S/C15H17NO2S/c16-14(11-12-5-2-1-3-6-12)15(17)18-9-8-13-7-4-10-19-13/h1-7,10,14H,8-9,11,16H2. The summed E-state index contributed by atoms with van der Waals surface area (Å²) in [6.45, 7) is 0.391. The van der Waals surface area contributed by atoms with Crippen LogP contribution >= 0.6 is 11.3 Å². The zero-order chi connectivity index (χ0) is 13.5. The molecule has 0 radical (unpaired) electrons. The first-order valence-corrected chi connectivity index (χ1v) is 7.12. The molecule has 0 aliphatic carbocycles. The summed E-state index contributed by atoms with van der Waals surface area (Å²) in [5, 5.41) is 2.01. The van der Waals surface area contributed by atoms with Gasteiger partial charge in [-0.1, -0.05) is 36.4 Å². The van der Waals surface area contributed by atoms with Crippen molar-refractivity contribution in [2.75, 3.05) is 6.61 Å². The van der Waals surface area contributed by atoms with Gasteiger partial charge in [0.25, 0.3) is 0 Å². The first-order chi connectivity index (χ1) is 9.25. The van der Waals surface area contributed by atoms with Crippen LogP contribution in [-0.2, 0) is 22.4 Å². The Morgan fingerprint density at radius 3 is 2.68 bits per heavy atom. The second-order valence-corrected chi connectivity index (χ2v) is 5.33.